The van der Waals surface area contributed by atoms with Crippen molar-refractivity contribution in [3.63, 3.8) is 0 Å². The van der Waals surface area contributed by atoms with Crippen LogP contribution in [-0.2, 0) is 9.59 Å². The van der Waals surface area contributed by atoms with Crippen molar-refractivity contribution in [3.05, 3.63) is 35.9 Å². The van der Waals surface area contributed by atoms with E-state index in [9.17, 15) is 19.5 Å². The summed E-state index contributed by atoms with van der Waals surface area (Å²) in [6, 6.07) is 7.58. The van der Waals surface area contributed by atoms with Gasteiger partial charge in [0.1, 0.15) is 0 Å². The van der Waals surface area contributed by atoms with E-state index in [-0.39, 0.29) is 17.9 Å². The first-order valence-electron chi connectivity index (χ1n) is 9.18. The summed E-state index contributed by atoms with van der Waals surface area (Å²) in [7, 11) is 0. The van der Waals surface area contributed by atoms with Crippen molar-refractivity contribution in [2.45, 2.75) is 31.7 Å². The lowest BCUT2D eigenvalue weighted by atomic mass is 9.96. The molecule has 3 amide bonds. The van der Waals surface area contributed by atoms with Gasteiger partial charge in [-0.1, -0.05) is 30.3 Å². The Kier molecular flexibility index (Phi) is 5.75. The maximum absolute atomic E-state index is 12.6. The third-order valence-electron chi connectivity index (χ3n) is 5.11. The predicted molar refractivity (Wildman–Crippen MR) is 95.5 cm³/mol. The summed E-state index contributed by atoms with van der Waals surface area (Å²) in [4.78, 5) is 40.3. The number of amides is 3. The number of urea groups is 1. The SMILES string of the molecule is O=C(NC(C(=O)O)c1ccccc1)C1CCCN(C(=O)N2CCCC2)C1. The molecule has 0 spiro atoms. The molecule has 2 aliphatic heterocycles. The Morgan fingerprint density at radius 2 is 1.65 bits per heavy atom. The highest BCUT2D eigenvalue weighted by Gasteiger charge is 2.33. The number of benzene rings is 1. The fraction of sp³-hybridized carbons (Fsp3) is 0.526. The molecule has 3 rings (SSSR count). The monoisotopic (exact) mass is 359 g/mol. The van der Waals surface area contributed by atoms with Crippen molar-refractivity contribution < 1.29 is 19.5 Å². The highest BCUT2D eigenvalue weighted by Crippen LogP contribution is 2.21. The number of aliphatic carboxylic acids is 1. The van der Waals surface area contributed by atoms with Gasteiger partial charge in [-0.25, -0.2) is 9.59 Å². The van der Waals surface area contributed by atoms with Crippen LogP contribution in [0, 0.1) is 5.92 Å². The van der Waals surface area contributed by atoms with Gasteiger partial charge in [-0.3, -0.25) is 4.79 Å². The Bertz CT molecular complexity index is 658. The number of carboxylic acids is 1. The second-order valence-electron chi connectivity index (χ2n) is 6.95. The summed E-state index contributed by atoms with van der Waals surface area (Å²) in [6.45, 7) is 2.56. The number of carbonyl (C=O) groups excluding carboxylic acids is 2. The topological polar surface area (TPSA) is 90.0 Å². The van der Waals surface area contributed by atoms with E-state index in [1.807, 2.05) is 4.90 Å². The molecular weight excluding hydrogens is 334 g/mol. The molecule has 2 N–H and O–H groups in total. The summed E-state index contributed by atoms with van der Waals surface area (Å²) in [5.41, 5.74) is 0.536. The Morgan fingerprint density at radius 3 is 2.31 bits per heavy atom. The van der Waals surface area contributed by atoms with Crippen LogP contribution in [-0.4, -0.2) is 59.0 Å². The number of hydrogen-bond acceptors (Lipinski definition) is 3. The molecule has 7 heteroatoms. The second-order valence-corrected chi connectivity index (χ2v) is 6.95. The Hall–Kier alpha value is -2.57. The third kappa shape index (κ3) is 4.15. The van der Waals surface area contributed by atoms with Crippen LogP contribution in [0.2, 0.25) is 0 Å². The Morgan fingerprint density at radius 1 is 1.00 bits per heavy atom. The fourth-order valence-electron chi connectivity index (χ4n) is 3.67. The van der Waals surface area contributed by atoms with Crippen LogP contribution in [0.3, 0.4) is 0 Å². The number of rotatable bonds is 4. The largest absolute Gasteiger partial charge is 0.479 e. The van der Waals surface area contributed by atoms with E-state index in [2.05, 4.69) is 5.32 Å². The van der Waals surface area contributed by atoms with Crippen molar-refractivity contribution in [2.24, 2.45) is 5.92 Å². The molecular formula is C19H25N3O4. The average molecular weight is 359 g/mol. The lowest BCUT2D eigenvalue weighted by molar-refractivity contribution is -0.143. The third-order valence-corrected chi connectivity index (χ3v) is 5.11. The lowest BCUT2D eigenvalue weighted by Crippen LogP contribution is -2.50. The maximum Gasteiger partial charge on any atom is 0.330 e. The predicted octanol–water partition coefficient (Wildman–Crippen LogP) is 1.86. The van der Waals surface area contributed by atoms with Crippen LogP contribution in [0.15, 0.2) is 30.3 Å². The van der Waals surface area contributed by atoms with Crippen LogP contribution in [0.4, 0.5) is 4.79 Å². The van der Waals surface area contributed by atoms with E-state index in [1.54, 1.807) is 35.2 Å². The second kappa shape index (κ2) is 8.21. The zero-order valence-electron chi connectivity index (χ0n) is 14.8. The zero-order valence-corrected chi connectivity index (χ0v) is 14.8. The fourth-order valence-corrected chi connectivity index (χ4v) is 3.67. The zero-order chi connectivity index (χ0) is 18.5. The molecule has 7 nitrogen and oxygen atoms in total. The van der Waals surface area contributed by atoms with Gasteiger partial charge in [0, 0.05) is 26.2 Å². The van der Waals surface area contributed by atoms with Crippen molar-refractivity contribution >= 4 is 17.9 Å². The molecule has 0 bridgehead atoms. The van der Waals surface area contributed by atoms with Crippen molar-refractivity contribution in [1.82, 2.24) is 15.1 Å². The summed E-state index contributed by atoms with van der Waals surface area (Å²) in [5, 5.41) is 12.1. The molecule has 0 aliphatic carbocycles. The number of carbonyl (C=O) groups is 3. The normalized spacial score (nSPS) is 21.3. The number of hydrogen-bond donors (Lipinski definition) is 2. The summed E-state index contributed by atoms with van der Waals surface area (Å²) in [6.07, 6.45) is 3.47. The molecule has 2 fully saturated rings. The smallest absolute Gasteiger partial charge is 0.330 e. The Labute approximate surface area is 153 Å². The van der Waals surface area contributed by atoms with E-state index >= 15 is 0 Å². The first kappa shape index (κ1) is 18.2. The van der Waals surface area contributed by atoms with Gasteiger partial charge in [-0.15, -0.1) is 0 Å². The van der Waals surface area contributed by atoms with Crippen LogP contribution in [0.5, 0.6) is 0 Å². The highest BCUT2D eigenvalue weighted by molar-refractivity contribution is 5.86. The molecule has 0 saturated carbocycles. The quantitative estimate of drug-likeness (QED) is 0.859. The van der Waals surface area contributed by atoms with Gasteiger partial charge in [-0.2, -0.15) is 0 Å². The number of likely N-dealkylation sites (tertiary alicyclic amines) is 2. The van der Waals surface area contributed by atoms with E-state index in [1.165, 1.54) is 0 Å². The van der Waals surface area contributed by atoms with Crippen LogP contribution in [0.25, 0.3) is 0 Å². The molecule has 2 heterocycles. The van der Waals surface area contributed by atoms with E-state index in [4.69, 9.17) is 0 Å². The first-order chi connectivity index (χ1) is 12.6. The van der Waals surface area contributed by atoms with Gasteiger partial charge in [0.25, 0.3) is 0 Å². The molecule has 0 radical (unpaired) electrons. The number of nitrogens with zero attached hydrogens (tertiary/aromatic N) is 2. The molecule has 2 saturated heterocycles. The standard InChI is InChI=1S/C19H25N3O4/c23-17(20-16(18(24)25)14-7-2-1-3-8-14)15-9-6-12-22(13-15)19(26)21-10-4-5-11-21/h1-3,7-8,15-16H,4-6,9-13H2,(H,20,23)(H,24,25). The molecule has 1 aromatic rings. The summed E-state index contributed by atoms with van der Waals surface area (Å²) in [5.74, 6) is -1.77. The highest BCUT2D eigenvalue weighted by atomic mass is 16.4. The van der Waals surface area contributed by atoms with E-state index in [0.29, 0.717) is 25.1 Å². The molecule has 140 valence electrons. The van der Waals surface area contributed by atoms with Crippen molar-refractivity contribution in [1.29, 1.82) is 0 Å². The summed E-state index contributed by atoms with van der Waals surface area (Å²) >= 11 is 0. The van der Waals surface area contributed by atoms with Crippen molar-refractivity contribution in [3.8, 4) is 0 Å². The lowest BCUT2D eigenvalue weighted by Gasteiger charge is -2.35. The number of piperidine rings is 1. The first-order valence-corrected chi connectivity index (χ1v) is 9.18. The van der Waals surface area contributed by atoms with Gasteiger partial charge < -0.3 is 20.2 Å². The van der Waals surface area contributed by atoms with Gasteiger partial charge in [-0.05, 0) is 31.2 Å². The minimum atomic E-state index is -1.09. The molecule has 2 atom stereocenters. The molecule has 2 aliphatic rings. The minimum Gasteiger partial charge on any atom is -0.479 e. The van der Waals surface area contributed by atoms with Crippen LogP contribution >= 0.6 is 0 Å². The minimum absolute atomic E-state index is 0.00200. The van der Waals surface area contributed by atoms with Gasteiger partial charge in [0.05, 0.1) is 5.92 Å². The maximum atomic E-state index is 12.6. The Balaban J connectivity index is 1.63. The molecule has 2 unspecified atom stereocenters. The van der Waals surface area contributed by atoms with Crippen LogP contribution < -0.4 is 5.32 Å². The van der Waals surface area contributed by atoms with Crippen molar-refractivity contribution in [2.75, 3.05) is 26.2 Å². The number of carboxylic acid groups (broad SMARTS) is 1. The molecule has 0 aromatic heterocycles. The van der Waals surface area contributed by atoms with Gasteiger partial charge in [0.15, 0.2) is 6.04 Å². The van der Waals surface area contributed by atoms with Gasteiger partial charge >= 0.3 is 12.0 Å². The summed E-state index contributed by atoms with van der Waals surface area (Å²) < 4.78 is 0. The average Bonchev–Trinajstić information content (AvgIpc) is 3.20. The van der Waals surface area contributed by atoms with E-state index < -0.39 is 12.0 Å². The number of nitrogens with one attached hydrogen (secondary N) is 1. The van der Waals surface area contributed by atoms with E-state index in [0.717, 1.165) is 32.4 Å². The molecule has 1 aromatic carbocycles. The van der Waals surface area contributed by atoms with Crippen LogP contribution in [0.1, 0.15) is 37.3 Å². The van der Waals surface area contributed by atoms with Gasteiger partial charge in [0.2, 0.25) is 5.91 Å². The molecule has 26 heavy (non-hydrogen) atoms.